The molecular weight excluding hydrogens is 276 g/mol. The van der Waals surface area contributed by atoms with E-state index in [2.05, 4.69) is 32.3 Å². The van der Waals surface area contributed by atoms with Crippen LogP contribution in [0.25, 0.3) is 0 Å². The number of nitrogens with zero attached hydrogens (tertiary/aromatic N) is 1. The second-order valence-electron chi connectivity index (χ2n) is 5.43. The Morgan fingerprint density at radius 1 is 1.27 bits per heavy atom. The maximum absolute atomic E-state index is 12.2. The summed E-state index contributed by atoms with van der Waals surface area (Å²) in [5, 5.41) is 3.15. The number of para-hydroxylation sites is 2. The second-order valence-corrected chi connectivity index (χ2v) is 5.43. The number of carbonyl (C=O) groups excluding carboxylic acids is 1. The van der Waals surface area contributed by atoms with Gasteiger partial charge in [-0.25, -0.2) is 0 Å². The van der Waals surface area contributed by atoms with E-state index in [9.17, 15) is 4.79 Å². The zero-order valence-corrected chi connectivity index (χ0v) is 13.5. The minimum Gasteiger partial charge on any atom is -0.491 e. The lowest BCUT2D eigenvalue weighted by Crippen LogP contribution is -2.35. The molecule has 0 aliphatic rings. The van der Waals surface area contributed by atoms with Crippen LogP contribution in [-0.4, -0.2) is 37.0 Å². The Kier molecular flexibility index (Phi) is 7.83. The van der Waals surface area contributed by atoms with Crippen molar-refractivity contribution in [3.63, 3.8) is 0 Å². The molecule has 0 heterocycles. The van der Waals surface area contributed by atoms with Gasteiger partial charge >= 0.3 is 0 Å². The summed E-state index contributed by atoms with van der Waals surface area (Å²) in [6.07, 6.45) is 3.42. The van der Waals surface area contributed by atoms with E-state index in [1.54, 1.807) is 17.1 Å². The van der Waals surface area contributed by atoms with Crippen molar-refractivity contribution in [2.75, 3.05) is 31.6 Å². The van der Waals surface area contributed by atoms with Crippen LogP contribution in [0.1, 0.15) is 13.8 Å². The number of amides is 1. The second kappa shape index (κ2) is 9.66. The molecule has 0 fully saturated rings. The molecule has 1 rings (SSSR count). The monoisotopic (exact) mass is 302 g/mol. The van der Waals surface area contributed by atoms with Gasteiger partial charge in [0.05, 0.1) is 18.8 Å². The molecule has 0 aliphatic heterocycles. The van der Waals surface area contributed by atoms with E-state index in [0.717, 1.165) is 11.4 Å². The first-order chi connectivity index (χ1) is 10.6. The molecule has 120 valence electrons. The molecule has 0 saturated heterocycles. The number of nitrogens with one attached hydrogen (secondary N) is 1. The van der Waals surface area contributed by atoms with Crippen LogP contribution in [-0.2, 0) is 4.79 Å². The highest BCUT2D eigenvalue weighted by molar-refractivity contribution is 5.81. The normalized spacial score (nSPS) is 10.1. The predicted octanol–water partition coefficient (Wildman–Crippen LogP) is 3.33. The van der Waals surface area contributed by atoms with Gasteiger partial charge in [0.15, 0.2) is 0 Å². The average molecular weight is 302 g/mol. The minimum atomic E-state index is -0.00142. The highest BCUT2D eigenvalue weighted by atomic mass is 16.5. The molecule has 1 aromatic rings. The minimum absolute atomic E-state index is 0.00142. The predicted molar refractivity (Wildman–Crippen MR) is 92.2 cm³/mol. The Morgan fingerprint density at radius 3 is 2.50 bits per heavy atom. The van der Waals surface area contributed by atoms with Crippen LogP contribution in [0.4, 0.5) is 5.69 Å². The lowest BCUT2D eigenvalue weighted by Gasteiger charge is -2.20. The quantitative estimate of drug-likeness (QED) is 0.674. The smallest absolute Gasteiger partial charge is 0.242 e. The first kappa shape index (κ1) is 17.8. The zero-order valence-electron chi connectivity index (χ0n) is 13.5. The van der Waals surface area contributed by atoms with Gasteiger partial charge in [0.1, 0.15) is 5.75 Å². The summed E-state index contributed by atoms with van der Waals surface area (Å²) in [6, 6.07) is 7.65. The summed E-state index contributed by atoms with van der Waals surface area (Å²) in [5.41, 5.74) is 0.827. The van der Waals surface area contributed by atoms with Gasteiger partial charge in [0.25, 0.3) is 0 Å². The molecule has 0 bridgehead atoms. The molecule has 0 spiro atoms. The zero-order chi connectivity index (χ0) is 16.4. The summed E-state index contributed by atoms with van der Waals surface area (Å²) >= 11 is 0. The molecule has 4 nitrogen and oxygen atoms in total. The summed E-state index contributed by atoms with van der Waals surface area (Å²) in [6.45, 7) is 13.4. The van der Waals surface area contributed by atoms with Crippen molar-refractivity contribution in [1.29, 1.82) is 0 Å². The fourth-order valence-corrected chi connectivity index (χ4v) is 1.87. The molecule has 1 N–H and O–H groups in total. The lowest BCUT2D eigenvalue weighted by molar-refractivity contribution is -0.128. The van der Waals surface area contributed by atoms with Crippen LogP contribution in [0.5, 0.6) is 5.75 Å². The summed E-state index contributed by atoms with van der Waals surface area (Å²) in [7, 11) is 0. The van der Waals surface area contributed by atoms with Crippen molar-refractivity contribution in [3.8, 4) is 5.75 Å². The van der Waals surface area contributed by atoms with Crippen LogP contribution in [0, 0.1) is 5.92 Å². The van der Waals surface area contributed by atoms with Crippen LogP contribution in [0.2, 0.25) is 0 Å². The Morgan fingerprint density at radius 2 is 1.91 bits per heavy atom. The largest absolute Gasteiger partial charge is 0.491 e. The van der Waals surface area contributed by atoms with E-state index in [1.165, 1.54) is 0 Å². The van der Waals surface area contributed by atoms with E-state index < -0.39 is 0 Å². The van der Waals surface area contributed by atoms with E-state index in [-0.39, 0.29) is 12.5 Å². The van der Waals surface area contributed by atoms with Gasteiger partial charge in [-0.05, 0) is 18.1 Å². The molecule has 1 amide bonds. The van der Waals surface area contributed by atoms with E-state index in [0.29, 0.717) is 25.6 Å². The number of carbonyl (C=O) groups is 1. The average Bonchev–Trinajstić information content (AvgIpc) is 2.51. The van der Waals surface area contributed by atoms with Gasteiger partial charge in [-0.2, -0.15) is 0 Å². The van der Waals surface area contributed by atoms with Gasteiger partial charge in [0, 0.05) is 13.1 Å². The topological polar surface area (TPSA) is 41.6 Å². The van der Waals surface area contributed by atoms with Gasteiger partial charge < -0.3 is 15.0 Å². The van der Waals surface area contributed by atoms with Gasteiger partial charge in [-0.3, -0.25) is 4.79 Å². The van der Waals surface area contributed by atoms with Crippen LogP contribution >= 0.6 is 0 Å². The number of benzene rings is 1. The lowest BCUT2D eigenvalue weighted by atomic mass is 10.2. The highest BCUT2D eigenvalue weighted by Gasteiger charge is 2.11. The van der Waals surface area contributed by atoms with Crippen LogP contribution < -0.4 is 10.1 Å². The van der Waals surface area contributed by atoms with Crippen LogP contribution in [0.15, 0.2) is 49.6 Å². The molecular formula is C18H26N2O2. The fourth-order valence-electron chi connectivity index (χ4n) is 1.87. The van der Waals surface area contributed by atoms with E-state index in [4.69, 9.17) is 4.74 Å². The molecule has 22 heavy (non-hydrogen) atoms. The van der Waals surface area contributed by atoms with Crippen LogP contribution in [0.3, 0.4) is 0 Å². The third kappa shape index (κ3) is 6.04. The SMILES string of the molecule is C=CCN(CC=C)C(=O)CNc1ccccc1OCC(C)C. The molecule has 4 heteroatoms. The Balaban J connectivity index is 2.64. The van der Waals surface area contributed by atoms with Crippen molar-refractivity contribution in [2.45, 2.75) is 13.8 Å². The molecule has 1 aromatic carbocycles. The van der Waals surface area contributed by atoms with Gasteiger partial charge in [-0.15, -0.1) is 13.2 Å². The number of anilines is 1. The van der Waals surface area contributed by atoms with Crippen molar-refractivity contribution in [2.24, 2.45) is 5.92 Å². The Hall–Kier alpha value is -2.23. The van der Waals surface area contributed by atoms with Crippen molar-refractivity contribution < 1.29 is 9.53 Å². The van der Waals surface area contributed by atoms with E-state index in [1.807, 2.05) is 24.3 Å². The van der Waals surface area contributed by atoms with Crippen molar-refractivity contribution >= 4 is 11.6 Å². The Labute approximate surface area is 133 Å². The molecule has 0 aromatic heterocycles. The number of rotatable bonds is 10. The maximum Gasteiger partial charge on any atom is 0.242 e. The number of hydrogen-bond donors (Lipinski definition) is 1. The molecule has 0 radical (unpaired) electrons. The first-order valence-electron chi connectivity index (χ1n) is 7.53. The third-order valence-electron chi connectivity index (χ3n) is 2.94. The fraction of sp³-hybridized carbons (Fsp3) is 0.389. The summed E-state index contributed by atoms with van der Waals surface area (Å²) < 4.78 is 5.77. The van der Waals surface area contributed by atoms with E-state index >= 15 is 0 Å². The number of ether oxygens (including phenoxy) is 1. The molecule has 0 unspecified atom stereocenters. The molecule has 0 saturated carbocycles. The third-order valence-corrected chi connectivity index (χ3v) is 2.94. The van der Waals surface area contributed by atoms with Crippen molar-refractivity contribution in [3.05, 3.63) is 49.6 Å². The maximum atomic E-state index is 12.2. The van der Waals surface area contributed by atoms with Crippen molar-refractivity contribution in [1.82, 2.24) is 4.90 Å². The van der Waals surface area contributed by atoms with Gasteiger partial charge in [0.2, 0.25) is 5.91 Å². The summed E-state index contributed by atoms with van der Waals surface area (Å²) in [5.74, 6) is 1.21. The standard InChI is InChI=1S/C18H26N2O2/c1-5-11-20(12-6-2)18(21)13-19-16-9-7-8-10-17(16)22-14-15(3)4/h5-10,15,19H,1-2,11-14H2,3-4H3. The Bertz CT molecular complexity index is 488. The first-order valence-corrected chi connectivity index (χ1v) is 7.53. The molecule has 0 atom stereocenters. The number of hydrogen-bond acceptors (Lipinski definition) is 3. The summed E-state index contributed by atoms with van der Waals surface area (Å²) in [4.78, 5) is 13.9. The molecule has 0 aliphatic carbocycles. The highest BCUT2D eigenvalue weighted by Crippen LogP contribution is 2.24. The van der Waals surface area contributed by atoms with Gasteiger partial charge in [-0.1, -0.05) is 38.1 Å².